The normalized spacial score (nSPS) is 14.7. The number of aliphatic hydroxyl groups is 1. The summed E-state index contributed by atoms with van der Waals surface area (Å²) < 4.78 is 5.06. The van der Waals surface area contributed by atoms with Gasteiger partial charge in [0.1, 0.15) is 5.75 Å². The van der Waals surface area contributed by atoms with Crippen LogP contribution in [0.2, 0.25) is 0 Å². The van der Waals surface area contributed by atoms with Crippen molar-refractivity contribution in [1.29, 1.82) is 0 Å². The van der Waals surface area contributed by atoms with Crippen molar-refractivity contribution in [1.82, 2.24) is 0 Å². The van der Waals surface area contributed by atoms with Crippen LogP contribution in [0.1, 0.15) is 18.9 Å². The fourth-order valence-corrected chi connectivity index (χ4v) is 1.47. The average molecular weight is 209 g/mol. The maximum Gasteiger partial charge on any atom is 0.118 e. The second-order valence-corrected chi connectivity index (χ2v) is 3.69. The second-order valence-electron chi connectivity index (χ2n) is 3.69. The topological polar surface area (TPSA) is 55.5 Å². The molecule has 0 aromatic heterocycles. The quantitative estimate of drug-likeness (QED) is 0.769. The molecule has 15 heavy (non-hydrogen) atoms. The van der Waals surface area contributed by atoms with Crippen LogP contribution >= 0.6 is 0 Å². The maximum absolute atomic E-state index is 9.54. The zero-order valence-corrected chi connectivity index (χ0v) is 9.31. The molecule has 2 atom stereocenters. The third kappa shape index (κ3) is 3.53. The van der Waals surface area contributed by atoms with Gasteiger partial charge in [-0.1, -0.05) is 19.1 Å². The van der Waals surface area contributed by atoms with Crippen molar-refractivity contribution < 1.29 is 9.84 Å². The van der Waals surface area contributed by atoms with Crippen LogP contribution < -0.4 is 10.5 Å². The maximum atomic E-state index is 9.54. The van der Waals surface area contributed by atoms with E-state index in [9.17, 15) is 5.11 Å². The van der Waals surface area contributed by atoms with E-state index in [2.05, 4.69) is 0 Å². The fourth-order valence-electron chi connectivity index (χ4n) is 1.47. The van der Waals surface area contributed by atoms with Gasteiger partial charge in [-0.15, -0.1) is 0 Å². The molecule has 2 unspecified atom stereocenters. The van der Waals surface area contributed by atoms with Gasteiger partial charge < -0.3 is 15.6 Å². The second kappa shape index (κ2) is 5.73. The molecule has 0 heterocycles. The fraction of sp³-hybridized carbons (Fsp3) is 0.500. The monoisotopic (exact) mass is 209 g/mol. The van der Waals surface area contributed by atoms with Crippen LogP contribution in [0.25, 0.3) is 0 Å². The third-order valence-corrected chi connectivity index (χ3v) is 2.54. The summed E-state index contributed by atoms with van der Waals surface area (Å²) in [6, 6.07) is 7.56. The van der Waals surface area contributed by atoms with E-state index < -0.39 is 6.10 Å². The molecule has 0 fully saturated rings. The minimum absolute atomic E-state index is 0.191. The first-order valence-electron chi connectivity index (χ1n) is 5.24. The van der Waals surface area contributed by atoms with E-state index in [4.69, 9.17) is 10.5 Å². The molecule has 0 saturated carbocycles. The van der Waals surface area contributed by atoms with Gasteiger partial charge in [-0.25, -0.2) is 0 Å². The predicted octanol–water partition coefficient (Wildman–Crippen LogP) is 1.34. The molecular formula is C12H19NO2. The van der Waals surface area contributed by atoms with Crippen LogP contribution in [0.15, 0.2) is 24.3 Å². The number of hydrogen-bond acceptors (Lipinski definition) is 3. The summed E-state index contributed by atoms with van der Waals surface area (Å²) >= 11 is 0. The number of benzene rings is 1. The van der Waals surface area contributed by atoms with E-state index in [1.165, 1.54) is 0 Å². The highest BCUT2D eigenvalue weighted by Gasteiger charge is 2.12. The van der Waals surface area contributed by atoms with E-state index >= 15 is 0 Å². The van der Waals surface area contributed by atoms with Gasteiger partial charge in [0, 0.05) is 6.04 Å². The van der Waals surface area contributed by atoms with E-state index in [0.717, 1.165) is 11.3 Å². The molecule has 0 aliphatic heterocycles. The van der Waals surface area contributed by atoms with Crippen molar-refractivity contribution in [3.05, 3.63) is 29.8 Å². The Kier molecular flexibility index (Phi) is 4.59. The first-order valence-corrected chi connectivity index (χ1v) is 5.24. The molecule has 84 valence electrons. The lowest BCUT2D eigenvalue weighted by Crippen LogP contribution is -2.36. The van der Waals surface area contributed by atoms with Gasteiger partial charge in [0.2, 0.25) is 0 Å². The van der Waals surface area contributed by atoms with Crippen molar-refractivity contribution in [2.24, 2.45) is 5.73 Å². The van der Waals surface area contributed by atoms with Crippen molar-refractivity contribution >= 4 is 0 Å². The van der Waals surface area contributed by atoms with Gasteiger partial charge >= 0.3 is 0 Å². The highest BCUT2D eigenvalue weighted by atomic mass is 16.5. The molecule has 0 bridgehead atoms. The highest BCUT2D eigenvalue weighted by Crippen LogP contribution is 2.13. The molecular weight excluding hydrogens is 190 g/mol. The summed E-state index contributed by atoms with van der Waals surface area (Å²) in [6.07, 6.45) is 0.961. The molecule has 3 nitrogen and oxygen atoms in total. The first-order chi connectivity index (χ1) is 7.17. The zero-order chi connectivity index (χ0) is 11.3. The van der Waals surface area contributed by atoms with Gasteiger partial charge in [-0.05, 0) is 30.5 Å². The molecule has 1 aromatic rings. The molecule has 0 saturated heterocycles. The lowest BCUT2D eigenvalue weighted by molar-refractivity contribution is 0.140. The van der Waals surface area contributed by atoms with Crippen LogP contribution in [-0.4, -0.2) is 24.4 Å². The van der Waals surface area contributed by atoms with Crippen LogP contribution in [0.5, 0.6) is 5.75 Å². The number of aliphatic hydroxyl groups excluding tert-OH is 1. The molecule has 0 aliphatic carbocycles. The van der Waals surface area contributed by atoms with Crippen molar-refractivity contribution in [3.8, 4) is 5.75 Å². The minimum Gasteiger partial charge on any atom is -0.497 e. The lowest BCUT2D eigenvalue weighted by atomic mass is 10.0. The Hall–Kier alpha value is -1.06. The van der Waals surface area contributed by atoms with Gasteiger partial charge in [-0.3, -0.25) is 0 Å². The number of rotatable bonds is 5. The summed E-state index contributed by atoms with van der Waals surface area (Å²) in [7, 11) is 1.64. The molecule has 1 aromatic carbocycles. The summed E-state index contributed by atoms with van der Waals surface area (Å²) in [4.78, 5) is 0. The Bertz CT molecular complexity index is 284. The van der Waals surface area contributed by atoms with Crippen molar-refractivity contribution in [3.63, 3.8) is 0 Å². The van der Waals surface area contributed by atoms with E-state index in [1.807, 2.05) is 31.2 Å². The predicted molar refractivity (Wildman–Crippen MR) is 61.0 cm³/mol. The molecule has 1 rings (SSSR count). The zero-order valence-electron chi connectivity index (χ0n) is 9.31. The lowest BCUT2D eigenvalue weighted by Gasteiger charge is -2.17. The number of methoxy groups -OCH3 is 1. The van der Waals surface area contributed by atoms with Gasteiger partial charge in [0.05, 0.1) is 13.2 Å². The minimum atomic E-state index is -0.424. The van der Waals surface area contributed by atoms with Gasteiger partial charge in [0.15, 0.2) is 0 Å². The van der Waals surface area contributed by atoms with Crippen molar-refractivity contribution in [2.75, 3.05) is 7.11 Å². The summed E-state index contributed by atoms with van der Waals surface area (Å²) in [5.41, 5.74) is 6.97. The summed E-state index contributed by atoms with van der Waals surface area (Å²) in [6.45, 7) is 1.93. The van der Waals surface area contributed by atoms with E-state index in [1.54, 1.807) is 7.11 Å². The van der Waals surface area contributed by atoms with Crippen molar-refractivity contribution in [2.45, 2.75) is 31.9 Å². The third-order valence-electron chi connectivity index (χ3n) is 2.54. The van der Waals surface area contributed by atoms with E-state index in [0.29, 0.717) is 12.8 Å². The van der Waals surface area contributed by atoms with Gasteiger partial charge in [-0.2, -0.15) is 0 Å². The Morgan fingerprint density at radius 3 is 2.40 bits per heavy atom. The Morgan fingerprint density at radius 1 is 1.33 bits per heavy atom. The van der Waals surface area contributed by atoms with Crippen LogP contribution in [0.4, 0.5) is 0 Å². The Labute approximate surface area is 90.9 Å². The molecule has 0 radical (unpaired) electrons. The molecule has 3 heteroatoms. The standard InChI is InChI=1S/C12H19NO2/c1-3-12(14)11(13)8-9-4-6-10(15-2)7-5-9/h4-7,11-12,14H,3,8,13H2,1-2H3. The van der Waals surface area contributed by atoms with Gasteiger partial charge in [0.25, 0.3) is 0 Å². The van der Waals surface area contributed by atoms with E-state index in [-0.39, 0.29) is 6.04 Å². The molecule has 3 N–H and O–H groups in total. The first kappa shape index (κ1) is 12.0. The number of ether oxygens (including phenoxy) is 1. The summed E-state index contributed by atoms with van der Waals surface area (Å²) in [5, 5.41) is 9.54. The Balaban J connectivity index is 2.57. The van der Waals surface area contributed by atoms with Crippen LogP contribution in [0.3, 0.4) is 0 Å². The number of nitrogens with two attached hydrogens (primary N) is 1. The van der Waals surface area contributed by atoms with Crippen LogP contribution in [0, 0.1) is 0 Å². The largest absolute Gasteiger partial charge is 0.497 e. The average Bonchev–Trinajstić information content (AvgIpc) is 2.29. The summed E-state index contributed by atoms with van der Waals surface area (Å²) in [5.74, 6) is 0.836. The van der Waals surface area contributed by atoms with Crippen LogP contribution in [-0.2, 0) is 6.42 Å². The molecule has 0 aliphatic rings. The molecule has 0 amide bonds. The SMILES string of the molecule is CCC(O)C(N)Cc1ccc(OC)cc1. The smallest absolute Gasteiger partial charge is 0.118 e. The highest BCUT2D eigenvalue weighted by molar-refractivity contribution is 5.27. The number of hydrogen-bond donors (Lipinski definition) is 2. The Morgan fingerprint density at radius 2 is 1.93 bits per heavy atom. The molecule has 0 spiro atoms.